The number of hydrogen-bond acceptors (Lipinski definition) is 4. The SMILES string of the molecule is Cc1cc(C(=O)NCCN2CCCC2)cc(OCc2ccccc2)c1OCc1ccccc1. The van der Waals surface area contributed by atoms with E-state index in [9.17, 15) is 4.79 Å². The van der Waals surface area contributed by atoms with Crippen LogP contribution in [0, 0.1) is 6.92 Å². The van der Waals surface area contributed by atoms with Gasteiger partial charge in [0, 0.05) is 18.7 Å². The van der Waals surface area contributed by atoms with Gasteiger partial charge >= 0.3 is 0 Å². The zero-order valence-corrected chi connectivity index (χ0v) is 19.3. The molecular weight excluding hydrogens is 412 g/mol. The van der Waals surface area contributed by atoms with Crippen LogP contribution < -0.4 is 14.8 Å². The molecule has 0 aromatic heterocycles. The predicted molar refractivity (Wildman–Crippen MR) is 131 cm³/mol. The molecule has 1 saturated heterocycles. The second-order valence-corrected chi connectivity index (χ2v) is 8.47. The Morgan fingerprint density at radius 3 is 2.12 bits per heavy atom. The minimum atomic E-state index is -0.0866. The van der Waals surface area contributed by atoms with Gasteiger partial charge in [0.1, 0.15) is 13.2 Å². The van der Waals surface area contributed by atoms with Gasteiger partial charge in [-0.1, -0.05) is 60.7 Å². The normalized spacial score (nSPS) is 13.6. The molecule has 3 aromatic rings. The van der Waals surface area contributed by atoms with Crippen molar-refractivity contribution in [2.24, 2.45) is 0 Å². The van der Waals surface area contributed by atoms with Crippen molar-refractivity contribution in [3.8, 4) is 11.5 Å². The molecule has 0 spiro atoms. The molecule has 33 heavy (non-hydrogen) atoms. The second-order valence-electron chi connectivity index (χ2n) is 8.47. The number of benzene rings is 3. The number of nitrogens with one attached hydrogen (secondary N) is 1. The van der Waals surface area contributed by atoms with Gasteiger partial charge in [0.05, 0.1) is 0 Å². The van der Waals surface area contributed by atoms with Crippen LogP contribution in [0.5, 0.6) is 11.5 Å². The smallest absolute Gasteiger partial charge is 0.251 e. The van der Waals surface area contributed by atoms with Crippen molar-refractivity contribution in [3.05, 3.63) is 95.1 Å². The summed E-state index contributed by atoms with van der Waals surface area (Å²) in [6.07, 6.45) is 2.50. The van der Waals surface area contributed by atoms with Gasteiger partial charge in [-0.15, -0.1) is 0 Å². The van der Waals surface area contributed by atoms with Gasteiger partial charge in [0.15, 0.2) is 11.5 Å². The van der Waals surface area contributed by atoms with Crippen LogP contribution in [0.4, 0.5) is 0 Å². The summed E-state index contributed by atoms with van der Waals surface area (Å²) >= 11 is 0. The zero-order chi connectivity index (χ0) is 22.9. The van der Waals surface area contributed by atoms with Crippen molar-refractivity contribution in [2.45, 2.75) is 33.0 Å². The fraction of sp³-hybridized carbons (Fsp3) is 0.321. The first-order chi connectivity index (χ1) is 16.2. The van der Waals surface area contributed by atoms with Gasteiger partial charge in [0.25, 0.3) is 5.91 Å². The molecular formula is C28H32N2O3. The summed E-state index contributed by atoms with van der Waals surface area (Å²) in [5.74, 6) is 1.17. The third-order valence-electron chi connectivity index (χ3n) is 5.88. The Morgan fingerprint density at radius 2 is 1.48 bits per heavy atom. The van der Waals surface area contributed by atoms with Crippen molar-refractivity contribution in [1.82, 2.24) is 10.2 Å². The molecule has 0 radical (unpaired) electrons. The molecule has 0 saturated carbocycles. The van der Waals surface area contributed by atoms with E-state index in [1.54, 1.807) is 6.07 Å². The summed E-state index contributed by atoms with van der Waals surface area (Å²) in [7, 11) is 0. The fourth-order valence-electron chi connectivity index (χ4n) is 4.07. The van der Waals surface area contributed by atoms with E-state index in [1.165, 1.54) is 12.8 Å². The number of rotatable bonds is 10. The van der Waals surface area contributed by atoms with Crippen molar-refractivity contribution in [2.75, 3.05) is 26.2 Å². The number of amides is 1. The maximum Gasteiger partial charge on any atom is 0.251 e. The monoisotopic (exact) mass is 444 g/mol. The first-order valence-electron chi connectivity index (χ1n) is 11.7. The lowest BCUT2D eigenvalue weighted by molar-refractivity contribution is 0.0949. The molecule has 5 nitrogen and oxygen atoms in total. The standard InChI is InChI=1S/C28H32N2O3/c1-22-18-25(28(31)29-14-17-30-15-8-9-16-30)19-26(32-20-23-10-4-2-5-11-23)27(22)33-21-24-12-6-3-7-13-24/h2-7,10-13,18-19H,8-9,14-17,20-21H2,1H3,(H,29,31). The van der Waals surface area contributed by atoms with E-state index < -0.39 is 0 Å². The number of carbonyl (C=O) groups excluding carboxylic acids is 1. The van der Waals surface area contributed by atoms with Crippen LogP contribution >= 0.6 is 0 Å². The van der Waals surface area contributed by atoms with Crippen molar-refractivity contribution < 1.29 is 14.3 Å². The average molecular weight is 445 g/mol. The minimum absolute atomic E-state index is 0.0866. The topological polar surface area (TPSA) is 50.8 Å². The molecule has 0 aliphatic carbocycles. The van der Waals surface area contributed by atoms with E-state index in [2.05, 4.69) is 10.2 Å². The summed E-state index contributed by atoms with van der Waals surface area (Å²) in [5, 5.41) is 3.05. The molecule has 0 unspecified atom stereocenters. The second kappa shape index (κ2) is 11.5. The highest BCUT2D eigenvalue weighted by molar-refractivity contribution is 5.95. The highest BCUT2D eigenvalue weighted by atomic mass is 16.5. The van der Waals surface area contributed by atoms with Crippen LogP contribution in [0.25, 0.3) is 0 Å². The summed E-state index contributed by atoms with van der Waals surface area (Å²) in [4.78, 5) is 15.3. The number of nitrogens with zero attached hydrogens (tertiary/aromatic N) is 1. The molecule has 1 aliphatic rings. The molecule has 172 valence electrons. The van der Waals surface area contributed by atoms with Gasteiger partial charge in [-0.25, -0.2) is 0 Å². The summed E-state index contributed by atoms with van der Waals surface area (Å²) < 4.78 is 12.3. The third-order valence-corrected chi connectivity index (χ3v) is 5.88. The number of hydrogen-bond donors (Lipinski definition) is 1. The minimum Gasteiger partial charge on any atom is -0.485 e. The first-order valence-corrected chi connectivity index (χ1v) is 11.7. The van der Waals surface area contributed by atoms with E-state index in [0.717, 1.165) is 36.3 Å². The van der Waals surface area contributed by atoms with Crippen molar-refractivity contribution in [1.29, 1.82) is 0 Å². The number of carbonyl (C=O) groups is 1. The average Bonchev–Trinajstić information content (AvgIpc) is 3.36. The fourth-order valence-corrected chi connectivity index (χ4v) is 4.07. The molecule has 1 aliphatic heterocycles. The lowest BCUT2D eigenvalue weighted by atomic mass is 10.1. The Hall–Kier alpha value is -3.31. The van der Waals surface area contributed by atoms with Crippen LogP contribution in [0.2, 0.25) is 0 Å². The van der Waals surface area contributed by atoms with E-state index in [4.69, 9.17) is 9.47 Å². The zero-order valence-electron chi connectivity index (χ0n) is 19.3. The Labute approximate surface area is 196 Å². The highest BCUT2D eigenvalue weighted by Gasteiger charge is 2.17. The molecule has 0 bridgehead atoms. The number of aryl methyl sites for hydroxylation is 1. The van der Waals surface area contributed by atoms with E-state index in [1.807, 2.05) is 73.7 Å². The quantitative estimate of drug-likeness (QED) is 0.479. The lowest BCUT2D eigenvalue weighted by Crippen LogP contribution is -2.33. The lowest BCUT2D eigenvalue weighted by Gasteiger charge is -2.18. The molecule has 1 heterocycles. The number of ether oxygens (including phenoxy) is 2. The van der Waals surface area contributed by atoms with Gasteiger partial charge in [0.2, 0.25) is 0 Å². The largest absolute Gasteiger partial charge is 0.485 e. The number of likely N-dealkylation sites (tertiary alicyclic amines) is 1. The Bertz CT molecular complexity index is 1030. The van der Waals surface area contributed by atoms with E-state index in [-0.39, 0.29) is 5.91 Å². The molecule has 4 rings (SSSR count). The van der Waals surface area contributed by atoms with Crippen LogP contribution in [0.1, 0.15) is 39.9 Å². The Morgan fingerprint density at radius 1 is 0.879 bits per heavy atom. The van der Waals surface area contributed by atoms with Crippen LogP contribution in [0.3, 0.4) is 0 Å². The molecule has 1 N–H and O–H groups in total. The highest BCUT2D eigenvalue weighted by Crippen LogP contribution is 2.34. The molecule has 3 aromatic carbocycles. The Kier molecular flexibility index (Phi) is 7.99. The van der Waals surface area contributed by atoms with Gasteiger partial charge in [-0.2, -0.15) is 0 Å². The Balaban J connectivity index is 1.48. The predicted octanol–water partition coefficient (Wildman–Crippen LogP) is 4.98. The van der Waals surface area contributed by atoms with Gasteiger partial charge < -0.3 is 19.7 Å². The van der Waals surface area contributed by atoms with Crippen LogP contribution in [-0.4, -0.2) is 37.0 Å². The van der Waals surface area contributed by atoms with E-state index >= 15 is 0 Å². The van der Waals surface area contributed by atoms with Crippen LogP contribution in [0.15, 0.2) is 72.8 Å². The van der Waals surface area contributed by atoms with Crippen LogP contribution in [-0.2, 0) is 13.2 Å². The van der Waals surface area contributed by atoms with Crippen molar-refractivity contribution in [3.63, 3.8) is 0 Å². The van der Waals surface area contributed by atoms with Crippen molar-refractivity contribution >= 4 is 5.91 Å². The van der Waals surface area contributed by atoms with Gasteiger partial charge in [-0.05, 0) is 61.7 Å². The summed E-state index contributed by atoms with van der Waals surface area (Å²) in [6.45, 7) is 6.58. The van der Waals surface area contributed by atoms with E-state index in [0.29, 0.717) is 36.8 Å². The summed E-state index contributed by atoms with van der Waals surface area (Å²) in [5.41, 5.74) is 3.60. The summed E-state index contributed by atoms with van der Waals surface area (Å²) in [6, 6.07) is 23.7. The maximum atomic E-state index is 12.9. The molecule has 1 amide bonds. The molecule has 1 fully saturated rings. The van der Waals surface area contributed by atoms with Gasteiger partial charge in [-0.3, -0.25) is 4.79 Å². The molecule has 0 atom stereocenters. The molecule has 5 heteroatoms. The third kappa shape index (κ3) is 6.59. The maximum absolute atomic E-state index is 12.9. The first kappa shape index (κ1) is 22.9.